The van der Waals surface area contributed by atoms with Crippen molar-refractivity contribution < 1.29 is 9.18 Å². The van der Waals surface area contributed by atoms with Crippen LogP contribution in [0.15, 0.2) is 53.7 Å². The molecule has 2 aliphatic heterocycles. The number of anilines is 2. The second-order valence-electron chi connectivity index (χ2n) is 8.21. The Labute approximate surface area is 186 Å². The molecule has 7 heteroatoms. The number of hydrogen-bond donors (Lipinski definition) is 1. The van der Waals surface area contributed by atoms with Crippen LogP contribution in [0.25, 0.3) is 0 Å². The number of halogens is 1. The number of aryl methyl sites for hydroxylation is 2. The molecule has 1 saturated heterocycles. The number of amides is 1. The van der Waals surface area contributed by atoms with E-state index in [0.717, 1.165) is 72.9 Å². The monoisotopic (exact) mass is 429 g/mol. The zero-order valence-electron chi connectivity index (χ0n) is 17.9. The van der Waals surface area contributed by atoms with E-state index < -0.39 is 5.82 Å². The fourth-order valence-corrected chi connectivity index (χ4v) is 4.28. The number of carbonyl (C=O) groups excluding carboxylic acids is 1. The summed E-state index contributed by atoms with van der Waals surface area (Å²) >= 11 is 0. The normalized spacial score (nSPS) is 15.3. The predicted octanol–water partition coefficient (Wildman–Crippen LogP) is 4.84. The Hall–Kier alpha value is -3.61. The Balaban J connectivity index is 1.53. The molecule has 5 rings (SSSR count). The third kappa shape index (κ3) is 3.98. The van der Waals surface area contributed by atoms with Gasteiger partial charge in [0.05, 0.1) is 28.5 Å². The number of aliphatic imine (C=N–C) groups is 1. The van der Waals surface area contributed by atoms with Crippen LogP contribution in [0.5, 0.6) is 0 Å². The Kier molecular flexibility index (Phi) is 5.39. The molecule has 0 saturated carbocycles. The van der Waals surface area contributed by atoms with Gasteiger partial charge in [-0.25, -0.2) is 14.4 Å². The van der Waals surface area contributed by atoms with Gasteiger partial charge in [-0.15, -0.1) is 0 Å². The highest BCUT2D eigenvalue weighted by molar-refractivity contribution is 6.07. The summed E-state index contributed by atoms with van der Waals surface area (Å²) in [5.41, 5.74) is 5.50. The molecule has 0 spiro atoms. The molecular weight excluding hydrogens is 405 g/mol. The molecule has 0 unspecified atom stereocenters. The fraction of sp³-hybridized carbons (Fsp3) is 0.280. The maximum Gasteiger partial charge on any atom is 0.255 e. The van der Waals surface area contributed by atoms with E-state index in [-0.39, 0.29) is 11.5 Å². The number of benzene rings is 1. The van der Waals surface area contributed by atoms with Gasteiger partial charge in [0.1, 0.15) is 5.82 Å². The third-order valence-electron chi connectivity index (χ3n) is 5.94. The van der Waals surface area contributed by atoms with Crippen molar-refractivity contribution in [3.63, 3.8) is 0 Å². The molecule has 1 amide bonds. The first-order valence-electron chi connectivity index (χ1n) is 10.9. The van der Waals surface area contributed by atoms with E-state index in [4.69, 9.17) is 9.98 Å². The van der Waals surface area contributed by atoms with Gasteiger partial charge in [0.15, 0.2) is 5.82 Å². The maximum atomic E-state index is 13.6. The molecule has 32 heavy (non-hydrogen) atoms. The number of rotatable bonds is 4. The molecule has 0 radical (unpaired) electrons. The number of pyridine rings is 2. The predicted molar refractivity (Wildman–Crippen MR) is 124 cm³/mol. The summed E-state index contributed by atoms with van der Waals surface area (Å²) in [6, 6.07) is 11.5. The second kappa shape index (κ2) is 8.49. The zero-order chi connectivity index (χ0) is 22.1. The molecule has 0 bridgehead atoms. The van der Waals surface area contributed by atoms with Crippen molar-refractivity contribution in [2.24, 2.45) is 4.99 Å². The van der Waals surface area contributed by atoms with Crippen molar-refractivity contribution in [1.29, 1.82) is 0 Å². The van der Waals surface area contributed by atoms with Gasteiger partial charge in [-0.3, -0.25) is 9.78 Å². The number of carbonyl (C=O) groups is 1. The van der Waals surface area contributed by atoms with E-state index in [1.54, 1.807) is 12.3 Å². The highest BCUT2D eigenvalue weighted by Gasteiger charge is 2.24. The summed E-state index contributed by atoms with van der Waals surface area (Å²) in [7, 11) is 0. The first kappa shape index (κ1) is 20.3. The molecule has 4 heterocycles. The standard InChI is InChI=1S/C25H24FN5O/c1-16-14-22(21-10-9-19-20(28-21)8-5-11-27-19)29-24(31-12-2-3-13-31)23(16)30-25(32)17-6-4-7-18(26)15-17/h4-8,11,14-15H,2-3,9-10,12-13H2,1H3,(H,30,32). The van der Waals surface area contributed by atoms with E-state index in [0.29, 0.717) is 5.69 Å². The van der Waals surface area contributed by atoms with Crippen LogP contribution in [-0.2, 0) is 6.42 Å². The lowest BCUT2D eigenvalue weighted by molar-refractivity contribution is 0.102. The average molecular weight is 429 g/mol. The van der Waals surface area contributed by atoms with Crippen LogP contribution >= 0.6 is 0 Å². The maximum absolute atomic E-state index is 13.6. The Bertz CT molecular complexity index is 1220. The molecule has 1 aromatic carbocycles. The second-order valence-corrected chi connectivity index (χ2v) is 8.21. The van der Waals surface area contributed by atoms with Crippen LogP contribution in [-0.4, -0.2) is 34.7 Å². The summed E-state index contributed by atoms with van der Waals surface area (Å²) in [5.74, 6) is -0.0350. The lowest BCUT2D eigenvalue weighted by Gasteiger charge is -2.24. The SMILES string of the molecule is Cc1cc(C2=Nc3cccnc3CC2)nc(N2CCCC2)c1NC(=O)c1cccc(F)c1. The van der Waals surface area contributed by atoms with Crippen LogP contribution < -0.4 is 10.2 Å². The number of fused-ring (bicyclic) bond motifs is 1. The average Bonchev–Trinajstić information content (AvgIpc) is 3.34. The van der Waals surface area contributed by atoms with Crippen LogP contribution in [0, 0.1) is 12.7 Å². The minimum atomic E-state index is -0.437. The summed E-state index contributed by atoms with van der Waals surface area (Å²) < 4.78 is 13.6. The van der Waals surface area contributed by atoms with Crippen molar-refractivity contribution in [2.45, 2.75) is 32.6 Å². The molecule has 2 aromatic heterocycles. The first-order valence-corrected chi connectivity index (χ1v) is 10.9. The first-order chi connectivity index (χ1) is 15.6. The topological polar surface area (TPSA) is 70.5 Å². The van der Waals surface area contributed by atoms with Gasteiger partial charge in [0.25, 0.3) is 5.91 Å². The van der Waals surface area contributed by atoms with E-state index in [1.807, 2.05) is 25.1 Å². The molecule has 2 aliphatic rings. The van der Waals surface area contributed by atoms with Gasteiger partial charge in [-0.2, -0.15) is 0 Å². The van der Waals surface area contributed by atoms with Crippen molar-refractivity contribution >= 4 is 28.8 Å². The molecular formula is C25H24FN5O. The van der Waals surface area contributed by atoms with Gasteiger partial charge < -0.3 is 10.2 Å². The largest absolute Gasteiger partial charge is 0.355 e. The number of nitrogens with zero attached hydrogens (tertiary/aromatic N) is 4. The summed E-state index contributed by atoms with van der Waals surface area (Å²) in [4.78, 5) is 29.3. The smallest absolute Gasteiger partial charge is 0.255 e. The van der Waals surface area contributed by atoms with Gasteiger partial charge in [0.2, 0.25) is 0 Å². The van der Waals surface area contributed by atoms with E-state index >= 15 is 0 Å². The minimum absolute atomic E-state index is 0.279. The quantitative estimate of drug-likeness (QED) is 0.644. The Morgan fingerprint density at radius 1 is 1.09 bits per heavy atom. The van der Waals surface area contributed by atoms with Crippen LogP contribution in [0.1, 0.15) is 46.6 Å². The lowest BCUT2D eigenvalue weighted by Crippen LogP contribution is -2.24. The fourth-order valence-electron chi connectivity index (χ4n) is 4.28. The lowest BCUT2D eigenvalue weighted by atomic mass is 10.0. The van der Waals surface area contributed by atoms with Crippen molar-refractivity contribution in [1.82, 2.24) is 9.97 Å². The van der Waals surface area contributed by atoms with Gasteiger partial charge in [0, 0.05) is 24.8 Å². The minimum Gasteiger partial charge on any atom is -0.355 e. The van der Waals surface area contributed by atoms with E-state index in [2.05, 4.69) is 15.2 Å². The van der Waals surface area contributed by atoms with Crippen molar-refractivity contribution in [2.75, 3.05) is 23.3 Å². The molecule has 6 nitrogen and oxygen atoms in total. The third-order valence-corrected chi connectivity index (χ3v) is 5.94. The van der Waals surface area contributed by atoms with Gasteiger partial charge in [-0.1, -0.05) is 6.07 Å². The summed E-state index contributed by atoms with van der Waals surface area (Å²) in [6.45, 7) is 3.74. The van der Waals surface area contributed by atoms with E-state index in [9.17, 15) is 9.18 Å². The van der Waals surface area contributed by atoms with Crippen molar-refractivity contribution in [3.8, 4) is 0 Å². The van der Waals surface area contributed by atoms with Crippen LogP contribution in [0.4, 0.5) is 21.6 Å². The molecule has 1 N–H and O–H groups in total. The molecule has 3 aromatic rings. The summed E-state index contributed by atoms with van der Waals surface area (Å²) in [6.07, 6.45) is 5.56. The number of nitrogens with one attached hydrogen (secondary N) is 1. The molecule has 0 aliphatic carbocycles. The highest BCUT2D eigenvalue weighted by Crippen LogP contribution is 2.33. The molecule has 162 valence electrons. The van der Waals surface area contributed by atoms with Gasteiger partial charge in [-0.05, 0) is 74.6 Å². The summed E-state index contributed by atoms with van der Waals surface area (Å²) in [5, 5.41) is 2.99. The molecule has 1 fully saturated rings. The molecule has 0 atom stereocenters. The van der Waals surface area contributed by atoms with Crippen LogP contribution in [0.2, 0.25) is 0 Å². The Morgan fingerprint density at radius 3 is 2.75 bits per heavy atom. The van der Waals surface area contributed by atoms with Crippen molar-refractivity contribution in [3.05, 3.63) is 77.0 Å². The van der Waals surface area contributed by atoms with Gasteiger partial charge >= 0.3 is 0 Å². The van der Waals surface area contributed by atoms with E-state index in [1.165, 1.54) is 18.2 Å². The number of aromatic nitrogens is 2. The highest BCUT2D eigenvalue weighted by atomic mass is 19.1. The number of hydrogen-bond acceptors (Lipinski definition) is 5. The zero-order valence-corrected chi connectivity index (χ0v) is 17.9. The van der Waals surface area contributed by atoms with Crippen LogP contribution in [0.3, 0.4) is 0 Å². The Morgan fingerprint density at radius 2 is 1.94 bits per heavy atom.